The SMILES string of the molecule is C=C/C=c1/c(Cc2cc(Br)ccc2OC)cccc1=C. The normalized spacial score (nSPS) is 11.4. The van der Waals surface area contributed by atoms with Gasteiger partial charge in [-0.05, 0) is 39.8 Å². The summed E-state index contributed by atoms with van der Waals surface area (Å²) in [6.45, 7) is 7.86. The quantitative estimate of drug-likeness (QED) is 0.835. The smallest absolute Gasteiger partial charge is 0.122 e. The maximum absolute atomic E-state index is 5.44. The van der Waals surface area contributed by atoms with Crippen LogP contribution in [0, 0.1) is 0 Å². The first-order chi connectivity index (χ1) is 9.65. The fraction of sp³-hybridized carbons (Fsp3) is 0.111. The van der Waals surface area contributed by atoms with Crippen LogP contribution in [0.25, 0.3) is 12.7 Å². The molecule has 0 bridgehead atoms. The number of hydrogen-bond donors (Lipinski definition) is 0. The summed E-state index contributed by atoms with van der Waals surface area (Å²) in [6, 6.07) is 12.2. The van der Waals surface area contributed by atoms with Crippen LogP contribution in [0.4, 0.5) is 0 Å². The minimum Gasteiger partial charge on any atom is -0.496 e. The van der Waals surface area contributed by atoms with Crippen LogP contribution >= 0.6 is 15.9 Å². The van der Waals surface area contributed by atoms with E-state index >= 15 is 0 Å². The molecule has 20 heavy (non-hydrogen) atoms. The van der Waals surface area contributed by atoms with Crippen molar-refractivity contribution in [1.29, 1.82) is 0 Å². The van der Waals surface area contributed by atoms with E-state index in [0.29, 0.717) is 0 Å². The molecule has 0 saturated heterocycles. The van der Waals surface area contributed by atoms with Gasteiger partial charge in [-0.2, -0.15) is 0 Å². The van der Waals surface area contributed by atoms with Gasteiger partial charge in [0.15, 0.2) is 0 Å². The molecule has 0 aromatic heterocycles. The van der Waals surface area contributed by atoms with Gasteiger partial charge in [-0.1, -0.05) is 59.4 Å². The number of benzene rings is 2. The van der Waals surface area contributed by atoms with E-state index in [1.54, 1.807) is 13.2 Å². The van der Waals surface area contributed by atoms with E-state index in [1.165, 1.54) is 5.56 Å². The lowest BCUT2D eigenvalue weighted by Gasteiger charge is -2.10. The Kier molecular flexibility index (Phi) is 4.80. The Hall–Kier alpha value is -1.80. The molecule has 0 aliphatic rings. The molecule has 0 saturated carbocycles. The lowest BCUT2D eigenvalue weighted by atomic mass is 10.0. The summed E-state index contributed by atoms with van der Waals surface area (Å²) in [7, 11) is 1.70. The Morgan fingerprint density at radius 2 is 2.00 bits per heavy atom. The Bertz CT molecular complexity index is 732. The molecule has 0 N–H and O–H groups in total. The lowest BCUT2D eigenvalue weighted by Crippen LogP contribution is -2.27. The predicted molar refractivity (Wildman–Crippen MR) is 89.4 cm³/mol. The highest BCUT2D eigenvalue weighted by molar-refractivity contribution is 9.10. The van der Waals surface area contributed by atoms with E-state index in [0.717, 1.165) is 32.6 Å². The summed E-state index contributed by atoms with van der Waals surface area (Å²) in [4.78, 5) is 0. The van der Waals surface area contributed by atoms with Gasteiger partial charge in [0.25, 0.3) is 0 Å². The summed E-state index contributed by atoms with van der Waals surface area (Å²) >= 11 is 3.51. The zero-order valence-corrected chi connectivity index (χ0v) is 13.1. The zero-order chi connectivity index (χ0) is 14.5. The van der Waals surface area contributed by atoms with E-state index in [9.17, 15) is 0 Å². The predicted octanol–water partition coefficient (Wildman–Crippen LogP) is 3.43. The van der Waals surface area contributed by atoms with Gasteiger partial charge in [0.05, 0.1) is 7.11 Å². The van der Waals surface area contributed by atoms with Crippen LogP contribution in [0.3, 0.4) is 0 Å². The van der Waals surface area contributed by atoms with Crippen LogP contribution in [0.5, 0.6) is 5.75 Å². The molecule has 2 aromatic rings. The van der Waals surface area contributed by atoms with Crippen LogP contribution in [0.2, 0.25) is 0 Å². The molecular formula is C18H17BrO. The summed E-state index contributed by atoms with van der Waals surface area (Å²) in [5.74, 6) is 0.896. The van der Waals surface area contributed by atoms with E-state index < -0.39 is 0 Å². The first-order valence-electron chi connectivity index (χ1n) is 6.37. The number of ether oxygens (including phenoxy) is 1. The van der Waals surface area contributed by atoms with Crippen LogP contribution in [-0.4, -0.2) is 7.11 Å². The molecule has 2 rings (SSSR count). The van der Waals surface area contributed by atoms with Crippen LogP contribution in [0.15, 0.2) is 53.5 Å². The topological polar surface area (TPSA) is 9.23 Å². The first-order valence-corrected chi connectivity index (χ1v) is 7.17. The van der Waals surface area contributed by atoms with Crippen molar-refractivity contribution in [2.45, 2.75) is 6.42 Å². The molecule has 0 amide bonds. The molecule has 0 atom stereocenters. The van der Waals surface area contributed by atoms with Gasteiger partial charge in [0.1, 0.15) is 5.75 Å². The molecule has 0 aliphatic carbocycles. The second kappa shape index (κ2) is 6.58. The Labute approximate surface area is 128 Å². The van der Waals surface area contributed by atoms with Crippen molar-refractivity contribution < 1.29 is 4.74 Å². The fourth-order valence-electron chi connectivity index (χ4n) is 2.24. The monoisotopic (exact) mass is 328 g/mol. The first kappa shape index (κ1) is 14.6. The standard InChI is InChI=1S/C18H17BrO/c1-4-6-17-13(2)7-5-8-14(17)11-15-12-16(19)9-10-18(15)20-3/h4-10,12H,1-2,11H2,3H3/b17-6+. The number of rotatable bonds is 4. The third-order valence-electron chi connectivity index (χ3n) is 3.19. The average Bonchev–Trinajstić information content (AvgIpc) is 2.43. The van der Waals surface area contributed by atoms with Crippen molar-refractivity contribution in [3.63, 3.8) is 0 Å². The average molecular weight is 329 g/mol. The Morgan fingerprint density at radius 1 is 1.20 bits per heavy atom. The van der Waals surface area contributed by atoms with Crippen molar-refractivity contribution in [2.75, 3.05) is 7.11 Å². The second-order valence-corrected chi connectivity index (χ2v) is 5.44. The maximum atomic E-state index is 5.44. The number of hydrogen-bond acceptors (Lipinski definition) is 1. The van der Waals surface area contributed by atoms with Crippen LogP contribution in [-0.2, 0) is 6.42 Å². The highest BCUT2D eigenvalue weighted by Gasteiger charge is 2.06. The van der Waals surface area contributed by atoms with Gasteiger partial charge >= 0.3 is 0 Å². The molecule has 0 aliphatic heterocycles. The van der Waals surface area contributed by atoms with E-state index in [-0.39, 0.29) is 0 Å². The third-order valence-corrected chi connectivity index (χ3v) is 3.69. The number of methoxy groups -OCH3 is 1. The maximum Gasteiger partial charge on any atom is 0.122 e. The molecule has 0 unspecified atom stereocenters. The van der Waals surface area contributed by atoms with Gasteiger partial charge in [-0.3, -0.25) is 0 Å². The van der Waals surface area contributed by atoms with Gasteiger partial charge in [0.2, 0.25) is 0 Å². The highest BCUT2D eigenvalue weighted by Crippen LogP contribution is 2.24. The molecule has 0 radical (unpaired) electrons. The zero-order valence-electron chi connectivity index (χ0n) is 11.5. The fourth-order valence-corrected chi connectivity index (χ4v) is 2.65. The molecule has 0 fully saturated rings. The van der Waals surface area contributed by atoms with E-state index in [1.807, 2.05) is 30.3 Å². The summed E-state index contributed by atoms with van der Waals surface area (Å²) < 4.78 is 6.49. The lowest BCUT2D eigenvalue weighted by molar-refractivity contribution is 0.410. The van der Waals surface area contributed by atoms with Crippen molar-refractivity contribution in [2.24, 2.45) is 0 Å². The molecule has 0 spiro atoms. The molecule has 1 nitrogen and oxygen atoms in total. The second-order valence-electron chi connectivity index (χ2n) is 4.53. The minimum atomic E-state index is 0.797. The minimum absolute atomic E-state index is 0.797. The summed E-state index contributed by atoms with van der Waals surface area (Å²) in [5.41, 5.74) is 2.36. The number of halogens is 1. The molecule has 0 heterocycles. The third kappa shape index (κ3) is 3.20. The molecule has 102 valence electrons. The molecule has 2 heteroatoms. The molecule has 2 aromatic carbocycles. The van der Waals surface area contributed by atoms with Gasteiger partial charge in [0, 0.05) is 10.9 Å². The summed E-state index contributed by atoms with van der Waals surface area (Å²) in [5, 5.41) is 2.14. The van der Waals surface area contributed by atoms with Crippen molar-refractivity contribution in [3.8, 4) is 5.75 Å². The molecular weight excluding hydrogens is 312 g/mol. The summed E-state index contributed by atoms with van der Waals surface area (Å²) in [6.07, 6.45) is 4.60. The largest absolute Gasteiger partial charge is 0.496 e. The van der Waals surface area contributed by atoms with Gasteiger partial charge in [-0.25, -0.2) is 0 Å². The number of allylic oxidation sites excluding steroid dienone is 1. The van der Waals surface area contributed by atoms with Gasteiger partial charge < -0.3 is 4.74 Å². The Balaban J connectivity index is 2.53. The van der Waals surface area contributed by atoms with Gasteiger partial charge in [-0.15, -0.1) is 0 Å². The Morgan fingerprint density at radius 3 is 2.70 bits per heavy atom. The van der Waals surface area contributed by atoms with Crippen molar-refractivity contribution in [1.82, 2.24) is 0 Å². The van der Waals surface area contributed by atoms with Crippen molar-refractivity contribution >= 4 is 28.6 Å². The van der Waals surface area contributed by atoms with E-state index in [2.05, 4.69) is 41.2 Å². The highest BCUT2D eigenvalue weighted by atomic mass is 79.9. The van der Waals surface area contributed by atoms with Crippen LogP contribution in [0.1, 0.15) is 11.1 Å². The van der Waals surface area contributed by atoms with Crippen LogP contribution < -0.4 is 15.2 Å². The van der Waals surface area contributed by atoms with E-state index in [4.69, 9.17) is 4.74 Å². The van der Waals surface area contributed by atoms with Crippen molar-refractivity contribution in [3.05, 3.63) is 75.1 Å².